The first kappa shape index (κ1) is 26.4. The number of anilines is 1. The number of hydrogen-bond donors (Lipinski definition) is 2. The quantitative estimate of drug-likeness (QED) is 0.367. The van der Waals surface area contributed by atoms with Crippen molar-refractivity contribution in [2.75, 3.05) is 18.5 Å². The number of aryl methyl sites for hydroxylation is 1. The Balaban J connectivity index is 1.31. The van der Waals surface area contributed by atoms with E-state index in [1.165, 1.54) is 12.1 Å². The molecule has 37 heavy (non-hydrogen) atoms. The molecule has 0 heterocycles. The van der Waals surface area contributed by atoms with E-state index in [1.54, 1.807) is 32.0 Å². The molecule has 0 spiro atoms. The summed E-state index contributed by atoms with van der Waals surface area (Å²) in [4.78, 5) is 24.8. The van der Waals surface area contributed by atoms with Gasteiger partial charge in [-0.15, -0.1) is 0 Å². The number of nitrogens with one attached hydrogen (secondary N) is 2. The summed E-state index contributed by atoms with van der Waals surface area (Å²) in [6.45, 7) is 3.80. The van der Waals surface area contributed by atoms with Crippen LogP contribution < -0.4 is 14.8 Å². The van der Waals surface area contributed by atoms with Crippen molar-refractivity contribution >= 4 is 27.6 Å². The molecule has 194 valence electrons. The molecule has 3 aromatic rings. The third kappa shape index (κ3) is 6.36. The molecule has 1 amide bonds. The monoisotopic (exact) mass is 522 g/mol. The molecular weight excluding hydrogens is 492 g/mol. The Morgan fingerprint density at radius 3 is 2.30 bits per heavy atom. The lowest BCUT2D eigenvalue weighted by atomic mass is 9.96. The van der Waals surface area contributed by atoms with Crippen molar-refractivity contribution in [3.8, 4) is 5.75 Å². The fourth-order valence-corrected chi connectivity index (χ4v) is 5.13. The van der Waals surface area contributed by atoms with Gasteiger partial charge in [-0.3, -0.25) is 9.59 Å². The minimum atomic E-state index is -3.70. The molecule has 0 aromatic heterocycles. The van der Waals surface area contributed by atoms with Gasteiger partial charge >= 0.3 is 5.97 Å². The zero-order valence-corrected chi connectivity index (χ0v) is 21.6. The van der Waals surface area contributed by atoms with Gasteiger partial charge in [0.05, 0.1) is 16.9 Å². The number of rotatable bonds is 11. The van der Waals surface area contributed by atoms with Crippen molar-refractivity contribution < 1.29 is 27.5 Å². The Bertz CT molecular complexity index is 1370. The van der Waals surface area contributed by atoms with Crippen LogP contribution in [0.15, 0.2) is 77.7 Å². The summed E-state index contributed by atoms with van der Waals surface area (Å²) >= 11 is 0. The van der Waals surface area contributed by atoms with Crippen molar-refractivity contribution in [2.24, 2.45) is 0 Å². The van der Waals surface area contributed by atoms with E-state index in [9.17, 15) is 18.0 Å². The smallest absolute Gasteiger partial charge is 0.316 e. The van der Waals surface area contributed by atoms with Gasteiger partial charge in [0.15, 0.2) is 6.61 Å². The first-order valence-electron chi connectivity index (χ1n) is 12.1. The topological polar surface area (TPSA) is 111 Å². The molecule has 1 saturated carbocycles. The van der Waals surface area contributed by atoms with Crippen LogP contribution in [0.2, 0.25) is 0 Å². The van der Waals surface area contributed by atoms with Gasteiger partial charge in [0.2, 0.25) is 10.0 Å². The molecule has 1 aliphatic carbocycles. The van der Waals surface area contributed by atoms with Crippen LogP contribution in [0.4, 0.5) is 5.69 Å². The van der Waals surface area contributed by atoms with Gasteiger partial charge in [-0.2, -0.15) is 0 Å². The van der Waals surface area contributed by atoms with Crippen molar-refractivity contribution in [3.63, 3.8) is 0 Å². The SMILES string of the molecule is CCOC(=O)C1(c2ccc(NC(=O)COc3ccc(S(=O)(=O)NCc4ccccc4)cc3C)cc2)CC1. The molecule has 4 rings (SSSR count). The molecule has 0 bridgehead atoms. The van der Waals surface area contributed by atoms with Crippen molar-refractivity contribution in [1.82, 2.24) is 4.72 Å². The number of benzene rings is 3. The first-order valence-corrected chi connectivity index (χ1v) is 13.6. The Kier molecular flexibility index (Phi) is 7.94. The normalized spacial score (nSPS) is 14.0. The number of sulfonamides is 1. The summed E-state index contributed by atoms with van der Waals surface area (Å²) in [6.07, 6.45) is 1.52. The number of hydrogen-bond acceptors (Lipinski definition) is 6. The van der Waals surface area contributed by atoms with Gasteiger partial charge in [-0.1, -0.05) is 42.5 Å². The van der Waals surface area contributed by atoms with Gasteiger partial charge in [0.1, 0.15) is 5.75 Å². The summed E-state index contributed by atoms with van der Waals surface area (Å²) < 4.78 is 38.7. The number of esters is 1. The summed E-state index contributed by atoms with van der Waals surface area (Å²) in [7, 11) is -3.70. The highest BCUT2D eigenvalue weighted by Gasteiger charge is 2.52. The molecule has 9 heteroatoms. The van der Waals surface area contributed by atoms with Crippen LogP contribution in [0.3, 0.4) is 0 Å². The van der Waals surface area contributed by atoms with E-state index in [-0.39, 0.29) is 29.9 Å². The Hall–Kier alpha value is -3.69. The van der Waals surface area contributed by atoms with Crippen molar-refractivity contribution in [3.05, 3.63) is 89.5 Å². The summed E-state index contributed by atoms with van der Waals surface area (Å²) in [6, 6.07) is 20.9. The molecule has 8 nitrogen and oxygen atoms in total. The van der Waals surface area contributed by atoms with Gasteiger partial charge in [-0.25, -0.2) is 13.1 Å². The maximum absolute atomic E-state index is 12.7. The van der Waals surface area contributed by atoms with Crippen LogP contribution in [0.25, 0.3) is 0 Å². The predicted octanol–water partition coefficient (Wildman–Crippen LogP) is 4.09. The number of amides is 1. The van der Waals surface area contributed by atoms with Crippen LogP contribution in [-0.4, -0.2) is 33.5 Å². The minimum absolute atomic E-state index is 0.120. The predicted molar refractivity (Wildman–Crippen MR) is 140 cm³/mol. The molecule has 1 fully saturated rings. The van der Waals surface area contributed by atoms with E-state index in [0.717, 1.165) is 24.0 Å². The minimum Gasteiger partial charge on any atom is -0.483 e. The molecule has 0 saturated heterocycles. The maximum atomic E-state index is 12.7. The van der Waals surface area contributed by atoms with E-state index >= 15 is 0 Å². The van der Waals surface area contributed by atoms with Crippen LogP contribution in [0, 0.1) is 6.92 Å². The second-order valence-electron chi connectivity index (χ2n) is 8.95. The fraction of sp³-hybridized carbons (Fsp3) is 0.286. The molecule has 0 radical (unpaired) electrons. The summed E-state index contributed by atoms with van der Waals surface area (Å²) in [5.74, 6) is -0.154. The average Bonchev–Trinajstić information content (AvgIpc) is 3.70. The lowest BCUT2D eigenvalue weighted by molar-refractivity contribution is -0.146. The third-order valence-corrected chi connectivity index (χ3v) is 7.66. The molecule has 0 unspecified atom stereocenters. The zero-order chi connectivity index (χ0) is 26.5. The lowest BCUT2D eigenvalue weighted by Crippen LogP contribution is -2.24. The Morgan fingerprint density at radius 2 is 1.68 bits per heavy atom. The van der Waals surface area contributed by atoms with Crippen molar-refractivity contribution in [2.45, 2.75) is 43.5 Å². The standard InChI is InChI=1S/C28H30N2O6S/c1-3-35-27(32)28(15-16-28)22-9-11-23(12-10-22)30-26(31)19-36-25-14-13-24(17-20(25)2)37(33,34)29-18-21-7-5-4-6-8-21/h4-14,17,29H,3,15-16,18-19H2,1-2H3,(H,30,31). The van der Waals surface area contributed by atoms with Gasteiger partial charge in [-0.05, 0) is 73.7 Å². The average molecular weight is 523 g/mol. The summed E-state index contributed by atoms with van der Waals surface area (Å²) in [5, 5.41) is 2.77. The fourth-order valence-electron chi connectivity index (χ4n) is 4.03. The number of carbonyl (C=O) groups is 2. The van der Waals surface area contributed by atoms with Crippen LogP contribution in [-0.2, 0) is 36.3 Å². The number of carbonyl (C=O) groups excluding carboxylic acids is 2. The largest absolute Gasteiger partial charge is 0.483 e. The van der Waals surface area contributed by atoms with Crippen molar-refractivity contribution in [1.29, 1.82) is 0 Å². The molecular formula is C28H30N2O6S. The van der Waals surface area contributed by atoms with E-state index in [2.05, 4.69) is 10.0 Å². The highest BCUT2D eigenvalue weighted by atomic mass is 32.2. The van der Waals surface area contributed by atoms with E-state index in [1.807, 2.05) is 42.5 Å². The van der Waals surface area contributed by atoms with Gasteiger partial charge in [0, 0.05) is 12.2 Å². The van der Waals surface area contributed by atoms with E-state index < -0.39 is 15.4 Å². The highest BCUT2D eigenvalue weighted by molar-refractivity contribution is 7.89. The van der Waals surface area contributed by atoms with Gasteiger partial charge < -0.3 is 14.8 Å². The Labute approximate surface area is 217 Å². The second-order valence-corrected chi connectivity index (χ2v) is 10.7. The summed E-state index contributed by atoms with van der Waals surface area (Å²) in [5.41, 5.74) is 2.35. The zero-order valence-electron chi connectivity index (χ0n) is 20.8. The van der Waals surface area contributed by atoms with Gasteiger partial charge in [0.25, 0.3) is 5.91 Å². The lowest BCUT2D eigenvalue weighted by Gasteiger charge is -2.15. The second kappa shape index (κ2) is 11.1. The van der Waals surface area contributed by atoms with E-state index in [0.29, 0.717) is 23.6 Å². The molecule has 0 aliphatic heterocycles. The highest BCUT2D eigenvalue weighted by Crippen LogP contribution is 2.49. The van der Waals surface area contributed by atoms with Crippen LogP contribution in [0.5, 0.6) is 5.75 Å². The maximum Gasteiger partial charge on any atom is 0.316 e. The first-order chi connectivity index (χ1) is 17.7. The molecule has 3 aromatic carbocycles. The van der Waals surface area contributed by atoms with Crippen LogP contribution >= 0.6 is 0 Å². The molecule has 2 N–H and O–H groups in total. The molecule has 1 aliphatic rings. The Morgan fingerprint density at radius 1 is 0.973 bits per heavy atom. The van der Waals surface area contributed by atoms with Crippen LogP contribution in [0.1, 0.15) is 36.5 Å². The molecule has 0 atom stereocenters. The number of ether oxygens (including phenoxy) is 2. The third-order valence-electron chi connectivity index (χ3n) is 6.26. The van der Waals surface area contributed by atoms with E-state index in [4.69, 9.17) is 9.47 Å².